The molecule has 0 radical (unpaired) electrons. The van der Waals surface area contributed by atoms with Crippen LogP contribution in [0.15, 0.2) is 48.0 Å². The van der Waals surface area contributed by atoms with Gasteiger partial charge in [0.05, 0.1) is 14.2 Å². The maximum Gasteiger partial charge on any atom is 0.189 e. The van der Waals surface area contributed by atoms with E-state index < -0.39 is 0 Å². The van der Waals surface area contributed by atoms with E-state index in [1.54, 1.807) is 14.2 Å². The van der Waals surface area contributed by atoms with Gasteiger partial charge in [0.1, 0.15) is 11.5 Å². The van der Waals surface area contributed by atoms with Crippen molar-refractivity contribution in [2.45, 2.75) is 6.42 Å². The fraction of sp³-hybridized carbons (Fsp3) is 0.167. The highest BCUT2D eigenvalue weighted by atomic mass is 16.5. The number of allylic oxidation sites excluding steroid dienone is 1. The van der Waals surface area contributed by atoms with E-state index in [2.05, 4.69) is 0 Å². The summed E-state index contributed by atoms with van der Waals surface area (Å²) in [5.74, 6) is 1.53. The fourth-order valence-electron chi connectivity index (χ4n) is 2.60. The van der Waals surface area contributed by atoms with Crippen LogP contribution in [0.1, 0.15) is 21.5 Å². The van der Waals surface area contributed by atoms with Crippen molar-refractivity contribution in [1.82, 2.24) is 0 Å². The highest BCUT2D eigenvalue weighted by molar-refractivity contribution is 6.15. The van der Waals surface area contributed by atoms with Crippen LogP contribution in [0.5, 0.6) is 11.5 Å². The van der Waals surface area contributed by atoms with Crippen molar-refractivity contribution in [3.05, 3.63) is 64.7 Å². The predicted octanol–water partition coefficient (Wildman–Crippen LogP) is 3.53. The topological polar surface area (TPSA) is 35.5 Å². The van der Waals surface area contributed by atoms with Crippen LogP contribution in [0.2, 0.25) is 0 Å². The first kappa shape index (κ1) is 13.4. The molecule has 1 aliphatic rings. The van der Waals surface area contributed by atoms with Gasteiger partial charge in [-0.15, -0.1) is 0 Å². The summed E-state index contributed by atoms with van der Waals surface area (Å²) in [6.07, 6.45) is 2.57. The second-order valence-electron chi connectivity index (χ2n) is 4.94. The molecule has 0 N–H and O–H groups in total. The number of fused-ring (bicyclic) bond motifs is 1. The molecule has 3 rings (SSSR count). The standard InChI is InChI=1S/C18H16O3/c1-20-15-8-7-13(17(11-15)21-2)10-14-9-12-5-3-4-6-16(12)18(14)19/h3-8,10-11H,9H2,1-2H3/b14-10+. The molecule has 0 heterocycles. The first-order valence-electron chi connectivity index (χ1n) is 6.78. The van der Waals surface area contributed by atoms with Crippen molar-refractivity contribution in [3.8, 4) is 11.5 Å². The van der Waals surface area contributed by atoms with Crippen molar-refractivity contribution in [3.63, 3.8) is 0 Å². The first-order chi connectivity index (χ1) is 10.2. The third kappa shape index (κ3) is 2.42. The number of rotatable bonds is 3. The van der Waals surface area contributed by atoms with Gasteiger partial charge in [0.2, 0.25) is 0 Å². The van der Waals surface area contributed by atoms with Crippen molar-refractivity contribution in [2.24, 2.45) is 0 Å². The summed E-state index contributed by atoms with van der Waals surface area (Å²) in [6, 6.07) is 13.3. The Bertz CT molecular complexity index is 729. The summed E-state index contributed by atoms with van der Waals surface area (Å²) in [6.45, 7) is 0. The molecule has 1 aliphatic carbocycles. The number of benzene rings is 2. The predicted molar refractivity (Wildman–Crippen MR) is 82.0 cm³/mol. The van der Waals surface area contributed by atoms with E-state index in [0.29, 0.717) is 12.2 Å². The molecule has 0 saturated heterocycles. The first-order valence-corrected chi connectivity index (χ1v) is 6.78. The third-order valence-corrected chi connectivity index (χ3v) is 3.70. The fourth-order valence-corrected chi connectivity index (χ4v) is 2.60. The summed E-state index contributed by atoms with van der Waals surface area (Å²) in [7, 11) is 3.23. The van der Waals surface area contributed by atoms with E-state index in [4.69, 9.17) is 9.47 Å². The van der Waals surface area contributed by atoms with Crippen molar-refractivity contribution < 1.29 is 14.3 Å². The van der Waals surface area contributed by atoms with Gasteiger partial charge in [-0.3, -0.25) is 4.79 Å². The minimum absolute atomic E-state index is 0.100. The molecule has 106 valence electrons. The number of hydrogen-bond acceptors (Lipinski definition) is 3. The molecule has 0 fully saturated rings. The highest BCUT2D eigenvalue weighted by Crippen LogP contribution is 2.31. The summed E-state index contributed by atoms with van der Waals surface area (Å²) >= 11 is 0. The minimum Gasteiger partial charge on any atom is -0.497 e. The van der Waals surface area contributed by atoms with E-state index in [1.807, 2.05) is 48.5 Å². The lowest BCUT2D eigenvalue weighted by Crippen LogP contribution is -1.96. The molecule has 2 aromatic rings. The van der Waals surface area contributed by atoms with Gasteiger partial charge in [-0.2, -0.15) is 0 Å². The number of carbonyl (C=O) groups is 1. The average molecular weight is 280 g/mol. The lowest BCUT2D eigenvalue weighted by molar-refractivity contribution is 0.104. The number of Topliss-reactive ketones (excluding diaryl/α,β-unsaturated/α-hetero) is 1. The Hall–Kier alpha value is -2.55. The van der Waals surface area contributed by atoms with Gasteiger partial charge < -0.3 is 9.47 Å². The smallest absolute Gasteiger partial charge is 0.189 e. The zero-order valence-electron chi connectivity index (χ0n) is 12.1. The number of hydrogen-bond donors (Lipinski definition) is 0. The van der Waals surface area contributed by atoms with E-state index in [-0.39, 0.29) is 5.78 Å². The Balaban J connectivity index is 1.99. The van der Waals surface area contributed by atoms with Crippen LogP contribution in [-0.4, -0.2) is 20.0 Å². The van der Waals surface area contributed by atoms with Gasteiger partial charge >= 0.3 is 0 Å². The third-order valence-electron chi connectivity index (χ3n) is 3.70. The monoisotopic (exact) mass is 280 g/mol. The van der Waals surface area contributed by atoms with E-state index in [0.717, 1.165) is 28.0 Å². The summed E-state index contributed by atoms with van der Waals surface area (Å²) < 4.78 is 10.6. The Kier molecular flexibility index (Phi) is 3.48. The number of methoxy groups -OCH3 is 2. The van der Waals surface area contributed by atoms with Gasteiger partial charge in [0.15, 0.2) is 5.78 Å². The van der Waals surface area contributed by atoms with Crippen LogP contribution in [0.25, 0.3) is 6.08 Å². The van der Waals surface area contributed by atoms with Crippen molar-refractivity contribution in [1.29, 1.82) is 0 Å². The van der Waals surface area contributed by atoms with Crippen molar-refractivity contribution >= 4 is 11.9 Å². The summed E-state index contributed by atoms with van der Waals surface area (Å²) in [5, 5.41) is 0. The molecule has 0 bridgehead atoms. The highest BCUT2D eigenvalue weighted by Gasteiger charge is 2.24. The Morgan fingerprint density at radius 3 is 2.57 bits per heavy atom. The van der Waals surface area contributed by atoms with Gasteiger partial charge in [-0.25, -0.2) is 0 Å². The molecule has 0 aromatic heterocycles. The molecule has 0 atom stereocenters. The molecule has 0 unspecified atom stereocenters. The zero-order valence-corrected chi connectivity index (χ0v) is 12.1. The number of carbonyl (C=O) groups excluding carboxylic acids is 1. The molecular weight excluding hydrogens is 264 g/mol. The quantitative estimate of drug-likeness (QED) is 0.807. The second-order valence-corrected chi connectivity index (χ2v) is 4.94. The molecule has 0 aliphatic heterocycles. The van der Waals surface area contributed by atoms with E-state index >= 15 is 0 Å². The minimum atomic E-state index is 0.100. The zero-order chi connectivity index (χ0) is 14.8. The van der Waals surface area contributed by atoms with Gasteiger partial charge in [-0.05, 0) is 23.8 Å². The maximum atomic E-state index is 12.4. The SMILES string of the molecule is COc1ccc(/C=C2\Cc3ccccc3C2=O)c(OC)c1. The van der Waals surface area contributed by atoms with Crippen LogP contribution < -0.4 is 9.47 Å². The summed E-state index contributed by atoms with van der Waals surface area (Å²) in [4.78, 5) is 12.4. The van der Waals surface area contributed by atoms with Gasteiger partial charge in [-0.1, -0.05) is 24.3 Å². The van der Waals surface area contributed by atoms with Gasteiger partial charge in [0.25, 0.3) is 0 Å². The lowest BCUT2D eigenvalue weighted by atomic mass is 10.1. The molecule has 3 nitrogen and oxygen atoms in total. The molecule has 3 heteroatoms. The van der Waals surface area contributed by atoms with Crippen LogP contribution in [-0.2, 0) is 6.42 Å². The van der Waals surface area contributed by atoms with E-state index in [9.17, 15) is 4.79 Å². The Morgan fingerprint density at radius 1 is 1.05 bits per heavy atom. The average Bonchev–Trinajstić information content (AvgIpc) is 2.84. The number of ketones is 1. The normalized spacial score (nSPS) is 15.1. The van der Waals surface area contributed by atoms with Gasteiger partial charge in [0, 0.05) is 29.2 Å². The van der Waals surface area contributed by atoms with Crippen LogP contribution in [0, 0.1) is 0 Å². The largest absolute Gasteiger partial charge is 0.497 e. The second kappa shape index (κ2) is 5.44. The maximum absolute atomic E-state index is 12.4. The molecular formula is C18H16O3. The van der Waals surface area contributed by atoms with Crippen LogP contribution in [0.4, 0.5) is 0 Å². The van der Waals surface area contributed by atoms with Crippen LogP contribution >= 0.6 is 0 Å². The summed E-state index contributed by atoms with van der Waals surface area (Å²) in [5.41, 5.74) is 3.56. The lowest BCUT2D eigenvalue weighted by Gasteiger charge is -2.08. The Morgan fingerprint density at radius 2 is 1.86 bits per heavy atom. The molecule has 0 spiro atoms. The van der Waals surface area contributed by atoms with Crippen molar-refractivity contribution in [2.75, 3.05) is 14.2 Å². The molecule has 2 aromatic carbocycles. The number of ether oxygens (including phenoxy) is 2. The molecule has 0 amide bonds. The molecule has 0 saturated carbocycles. The Labute approximate surface area is 123 Å². The van der Waals surface area contributed by atoms with Crippen LogP contribution in [0.3, 0.4) is 0 Å². The van der Waals surface area contributed by atoms with E-state index in [1.165, 1.54) is 0 Å². The molecule has 21 heavy (non-hydrogen) atoms.